The Bertz CT molecular complexity index is 1300. The first kappa shape index (κ1) is 39.6. The van der Waals surface area contributed by atoms with Crippen LogP contribution in [-0.4, -0.2) is 105 Å². The normalized spacial score (nSPS) is 26.6. The van der Waals surface area contributed by atoms with Crippen molar-refractivity contribution in [2.24, 2.45) is 11.8 Å². The van der Waals surface area contributed by atoms with Gasteiger partial charge < -0.3 is 59.8 Å². The van der Waals surface area contributed by atoms with Crippen molar-refractivity contribution < 1.29 is 59.8 Å². The van der Waals surface area contributed by atoms with E-state index in [1.165, 1.54) is 34.8 Å². The quantitative estimate of drug-likeness (QED) is 0.103. The molecule has 14 heteroatoms. The highest BCUT2D eigenvalue weighted by Crippen LogP contribution is 2.47. The molecule has 0 radical (unpaired) electrons. The molecule has 2 aromatic carbocycles. The summed E-state index contributed by atoms with van der Waals surface area (Å²) in [4.78, 5) is 0. The van der Waals surface area contributed by atoms with Crippen LogP contribution in [0.1, 0.15) is 73.3 Å². The molecule has 0 unspecified atom stereocenters. The zero-order chi connectivity index (χ0) is 35.3. The van der Waals surface area contributed by atoms with Crippen LogP contribution >= 0.6 is 21.6 Å². The van der Waals surface area contributed by atoms with Gasteiger partial charge in [0.1, 0.15) is 6.79 Å². The third kappa shape index (κ3) is 11.2. The van der Waals surface area contributed by atoms with Crippen LogP contribution in [0.25, 0.3) is 0 Å². The number of aryl methyl sites for hydroxylation is 1. The molecule has 0 amide bonds. The maximum atomic E-state index is 11.6. The van der Waals surface area contributed by atoms with Crippen molar-refractivity contribution in [1.82, 2.24) is 0 Å². The molecule has 1 saturated carbocycles. The molecule has 0 aromatic heterocycles. The molecule has 4 rings (SSSR count). The van der Waals surface area contributed by atoms with Crippen molar-refractivity contribution in [1.29, 1.82) is 0 Å². The minimum atomic E-state index is -1.05. The van der Waals surface area contributed by atoms with E-state index >= 15 is 0 Å². The highest BCUT2D eigenvalue weighted by Gasteiger charge is 2.33. The number of phenols is 2. The van der Waals surface area contributed by atoms with Gasteiger partial charge in [0.2, 0.25) is 5.75 Å². The van der Waals surface area contributed by atoms with E-state index in [1.54, 1.807) is 12.1 Å². The Labute approximate surface area is 295 Å². The second-order valence-electron chi connectivity index (χ2n) is 12.8. The molecule has 0 bridgehead atoms. The van der Waals surface area contributed by atoms with E-state index in [0.29, 0.717) is 36.5 Å². The topological polar surface area (TPSA) is 199 Å². The Morgan fingerprint density at radius 2 is 1.61 bits per heavy atom. The number of aliphatic hydroxyl groups excluding tert-OH is 6. The summed E-state index contributed by atoms with van der Waals surface area (Å²) in [5.41, 5.74) is 2.34. The molecular weight excluding hydrogens is 677 g/mol. The highest BCUT2D eigenvalue weighted by atomic mass is 33.1. The fourth-order valence-corrected chi connectivity index (χ4v) is 9.81. The van der Waals surface area contributed by atoms with E-state index in [-0.39, 0.29) is 66.2 Å². The van der Waals surface area contributed by atoms with E-state index < -0.39 is 37.8 Å². The number of fused-ring (bicyclic) bond motifs is 1. The lowest BCUT2D eigenvalue weighted by molar-refractivity contribution is -0.0808. The van der Waals surface area contributed by atoms with Gasteiger partial charge in [-0.05, 0) is 111 Å². The molecule has 1 heterocycles. The molecule has 0 spiro atoms. The summed E-state index contributed by atoms with van der Waals surface area (Å²) in [5.74, 6) is 0.266. The zero-order valence-corrected chi connectivity index (χ0v) is 29.6. The molecule has 1 fully saturated rings. The molecular formula is C35H52O12S2. The van der Waals surface area contributed by atoms with Gasteiger partial charge in [-0.2, -0.15) is 0 Å². The van der Waals surface area contributed by atoms with E-state index in [1.807, 2.05) is 6.07 Å². The van der Waals surface area contributed by atoms with Gasteiger partial charge in [-0.1, -0.05) is 21.6 Å². The van der Waals surface area contributed by atoms with Gasteiger partial charge in [-0.25, -0.2) is 0 Å². The maximum absolute atomic E-state index is 11.6. The third-order valence-corrected chi connectivity index (χ3v) is 12.3. The maximum Gasteiger partial charge on any atom is 0.200 e. The van der Waals surface area contributed by atoms with Crippen LogP contribution in [0.3, 0.4) is 0 Å². The summed E-state index contributed by atoms with van der Waals surface area (Å²) in [6.07, 6.45) is 3.36. The fraction of sp³-hybridized carbons (Fsp3) is 0.657. The summed E-state index contributed by atoms with van der Waals surface area (Å²) in [6, 6.07) is 6.68. The second kappa shape index (κ2) is 20.0. The number of aliphatic hydroxyl groups is 6. The van der Waals surface area contributed by atoms with Crippen LogP contribution in [0.4, 0.5) is 0 Å². The Balaban J connectivity index is 1.60. The first-order valence-electron chi connectivity index (χ1n) is 17.0. The van der Waals surface area contributed by atoms with Crippen molar-refractivity contribution in [3.8, 4) is 28.7 Å². The molecule has 7 atom stereocenters. The Hall–Kier alpha value is -2.14. The number of hydrogen-bond donors (Lipinski definition) is 8. The lowest BCUT2D eigenvalue weighted by Crippen LogP contribution is -2.38. The molecule has 12 nitrogen and oxygen atoms in total. The molecule has 49 heavy (non-hydrogen) atoms. The predicted molar refractivity (Wildman–Crippen MR) is 187 cm³/mol. The fourth-order valence-electron chi connectivity index (χ4n) is 6.91. The van der Waals surface area contributed by atoms with Gasteiger partial charge in [-0.3, -0.25) is 0 Å². The van der Waals surface area contributed by atoms with Gasteiger partial charge in [0.25, 0.3) is 0 Å². The van der Waals surface area contributed by atoms with Crippen LogP contribution in [0.2, 0.25) is 0 Å². The average Bonchev–Trinajstić information content (AvgIpc) is 3.53. The average molecular weight is 729 g/mol. The summed E-state index contributed by atoms with van der Waals surface area (Å²) < 4.78 is 22.5. The number of hydrogen-bond acceptors (Lipinski definition) is 14. The number of aromatic hydroxyl groups is 2. The first-order chi connectivity index (χ1) is 23.7. The van der Waals surface area contributed by atoms with Crippen LogP contribution in [0.5, 0.6) is 28.7 Å². The number of methoxy groups -OCH3 is 1. The van der Waals surface area contributed by atoms with Gasteiger partial charge in [-0.15, -0.1) is 0 Å². The molecule has 0 saturated heterocycles. The van der Waals surface area contributed by atoms with Crippen LogP contribution in [0.15, 0.2) is 24.3 Å². The van der Waals surface area contributed by atoms with Crippen molar-refractivity contribution >= 4 is 21.6 Å². The second-order valence-corrected chi connectivity index (χ2v) is 15.4. The Morgan fingerprint density at radius 3 is 2.33 bits per heavy atom. The number of benzene rings is 2. The van der Waals surface area contributed by atoms with E-state index in [9.17, 15) is 40.9 Å². The Morgan fingerprint density at radius 1 is 0.816 bits per heavy atom. The van der Waals surface area contributed by atoms with Crippen molar-refractivity contribution in [2.75, 3.05) is 39.7 Å². The third-order valence-electron chi connectivity index (χ3n) is 9.49. The van der Waals surface area contributed by atoms with E-state index in [0.717, 1.165) is 43.2 Å². The van der Waals surface area contributed by atoms with Crippen molar-refractivity contribution in [3.05, 3.63) is 41.0 Å². The monoisotopic (exact) mass is 728 g/mol. The van der Waals surface area contributed by atoms with Crippen molar-refractivity contribution in [3.63, 3.8) is 0 Å². The summed E-state index contributed by atoms with van der Waals surface area (Å²) in [5, 5.41) is 82.6. The molecule has 1 aliphatic carbocycles. The zero-order valence-electron chi connectivity index (χ0n) is 28.0. The van der Waals surface area contributed by atoms with E-state index in [4.69, 9.17) is 18.9 Å². The smallest absolute Gasteiger partial charge is 0.200 e. The van der Waals surface area contributed by atoms with Crippen LogP contribution in [0, 0.1) is 11.8 Å². The van der Waals surface area contributed by atoms with Crippen LogP contribution in [-0.2, 0) is 17.6 Å². The number of rotatable bonds is 14. The minimum absolute atomic E-state index is 0.00236. The molecule has 2 aromatic rings. The lowest BCUT2D eigenvalue weighted by atomic mass is 9.85. The van der Waals surface area contributed by atoms with Gasteiger partial charge in [0.15, 0.2) is 29.8 Å². The van der Waals surface area contributed by atoms with E-state index in [2.05, 4.69) is 0 Å². The van der Waals surface area contributed by atoms with Crippen molar-refractivity contribution in [2.45, 2.75) is 93.9 Å². The molecule has 8 N–H and O–H groups in total. The van der Waals surface area contributed by atoms with Crippen LogP contribution < -0.4 is 14.2 Å². The standard InChI is InChI=1S/C35H52O12S2/c1-44-32-13-22(14-33(35(32)43)46-20-39)12-27-28(40)16-24(45-19-38)7-5-23-15-31(47-25-6-4-21(11-25)3-2-9-36)29(41)17-26(23)34(8-10-37)49-48-18-30(27)42/h13-15,17,21,24-25,27-28,30,34,36-43H,2-12,16,18-20H2,1H3/t21-,24+,25-,27+,28-,30-,34+/m1/s1. The van der Waals surface area contributed by atoms with Gasteiger partial charge in [0.05, 0.1) is 31.5 Å². The minimum Gasteiger partial charge on any atom is -0.504 e. The SMILES string of the molecule is COc1cc(C[C@@H]2[C@H](O)CSS[C@@H](CCO)c3cc(O)c(O[C@@H]4CC[C@@H](CCCO)C4)cc3CC[C@H](OCO)C[C@H]2O)cc(OCO)c1O. The molecule has 2 aliphatic rings. The van der Waals surface area contributed by atoms with Gasteiger partial charge in [0, 0.05) is 30.1 Å². The molecule has 276 valence electrons. The summed E-state index contributed by atoms with van der Waals surface area (Å²) in [7, 11) is 4.27. The predicted octanol–water partition coefficient (Wildman–Crippen LogP) is 3.81. The summed E-state index contributed by atoms with van der Waals surface area (Å²) in [6.45, 7) is -1.14. The van der Waals surface area contributed by atoms with Gasteiger partial charge >= 0.3 is 0 Å². The largest absolute Gasteiger partial charge is 0.504 e. The first-order valence-corrected chi connectivity index (χ1v) is 19.3. The molecule has 1 aliphatic heterocycles. The summed E-state index contributed by atoms with van der Waals surface area (Å²) >= 11 is 0. The number of phenolic OH excluding ortho intramolecular Hbond substituents is 2. The Kier molecular flexibility index (Phi) is 16.2. The lowest BCUT2D eigenvalue weighted by Gasteiger charge is -2.30. The highest BCUT2D eigenvalue weighted by molar-refractivity contribution is 8.76. The number of ether oxygens (including phenoxy) is 4.